The Labute approximate surface area is 166 Å². The highest BCUT2D eigenvalue weighted by molar-refractivity contribution is 5.94. The van der Waals surface area contributed by atoms with E-state index in [9.17, 15) is 9.59 Å². The van der Waals surface area contributed by atoms with Crippen molar-refractivity contribution < 1.29 is 23.8 Å². The van der Waals surface area contributed by atoms with Gasteiger partial charge >= 0.3 is 11.9 Å². The zero-order valence-corrected chi connectivity index (χ0v) is 18.1. The van der Waals surface area contributed by atoms with Crippen LogP contribution in [0.2, 0.25) is 0 Å². The molecule has 0 saturated carbocycles. The Kier molecular flexibility index (Phi) is 17.5. The maximum atomic E-state index is 11.6. The van der Waals surface area contributed by atoms with Crippen molar-refractivity contribution in [2.45, 2.75) is 103 Å². The van der Waals surface area contributed by atoms with Gasteiger partial charge in [0.15, 0.2) is 5.92 Å². The number of carbonyl (C=O) groups is 2. The third-order valence-electron chi connectivity index (χ3n) is 5.20. The lowest BCUT2D eigenvalue weighted by molar-refractivity contribution is -0.159. The average molecular weight is 387 g/mol. The highest BCUT2D eigenvalue weighted by Gasteiger charge is 2.27. The molecule has 0 aliphatic carbocycles. The highest BCUT2D eigenvalue weighted by Crippen LogP contribution is 2.18. The van der Waals surface area contributed by atoms with Gasteiger partial charge in [-0.25, -0.2) is 0 Å². The fourth-order valence-electron chi connectivity index (χ4n) is 3.40. The molecule has 0 bridgehead atoms. The van der Waals surface area contributed by atoms with Gasteiger partial charge in [-0.3, -0.25) is 9.59 Å². The van der Waals surface area contributed by atoms with Gasteiger partial charge in [0.25, 0.3) is 0 Å². The van der Waals surface area contributed by atoms with E-state index in [4.69, 9.17) is 4.74 Å². The first kappa shape index (κ1) is 25.9. The standard InChI is InChI=1S/C22H42O5/c1-5-6-7-8-9-10-13-16-19(25-2)17-14-11-12-15-18-20(21(23)26-3)22(24)27-4/h19-20H,5-18H2,1-4H3. The number of unbranched alkanes of at least 4 members (excludes halogenated alkanes) is 9. The predicted molar refractivity (Wildman–Crippen MR) is 109 cm³/mol. The van der Waals surface area contributed by atoms with Crippen molar-refractivity contribution in [1.82, 2.24) is 0 Å². The Morgan fingerprint density at radius 3 is 1.44 bits per heavy atom. The van der Waals surface area contributed by atoms with Gasteiger partial charge in [0.1, 0.15) is 0 Å². The monoisotopic (exact) mass is 386 g/mol. The summed E-state index contributed by atoms with van der Waals surface area (Å²) in [5.74, 6) is -1.80. The van der Waals surface area contributed by atoms with Crippen LogP contribution < -0.4 is 0 Å². The summed E-state index contributed by atoms with van der Waals surface area (Å²) in [5, 5.41) is 0. The molecule has 0 spiro atoms. The summed E-state index contributed by atoms with van der Waals surface area (Å²) in [5.41, 5.74) is 0. The normalized spacial score (nSPS) is 12.2. The van der Waals surface area contributed by atoms with Gasteiger partial charge in [0.2, 0.25) is 0 Å². The summed E-state index contributed by atoms with van der Waals surface area (Å²) in [6, 6.07) is 0. The second-order valence-electron chi connectivity index (χ2n) is 7.36. The molecule has 160 valence electrons. The molecule has 5 heteroatoms. The number of ether oxygens (including phenoxy) is 3. The summed E-state index contributed by atoms with van der Waals surface area (Å²) in [6.07, 6.45) is 16.4. The molecule has 0 fully saturated rings. The molecule has 27 heavy (non-hydrogen) atoms. The molecule has 0 aromatic heterocycles. The van der Waals surface area contributed by atoms with Crippen LogP contribution >= 0.6 is 0 Å². The van der Waals surface area contributed by atoms with Gasteiger partial charge in [-0.15, -0.1) is 0 Å². The second-order valence-corrected chi connectivity index (χ2v) is 7.36. The number of methoxy groups -OCH3 is 3. The Bertz CT molecular complexity index is 354. The molecule has 0 aromatic carbocycles. The topological polar surface area (TPSA) is 61.8 Å². The van der Waals surface area contributed by atoms with Crippen LogP contribution in [-0.4, -0.2) is 39.4 Å². The first-order chi connectivity index (χ1) is 13.1. The summed E-state index contributed by atoms with van der Waals surface area (Å²) in [6.45, 7) is 2.25. The lowest BCUT2D eigenvalue weighted by Crippen LogP contribution is -2.26. The molecular weight excluding hydrogens is 344 g/mol. The van der Waals surface area contributed by atoms with E-state index in [0.717, 1.165) is 38.5 Å². The third-order valence-corrected chi connectivity index (χ3v) is 5.20. The van der Waals surface area contributed by atoms with Crippen LogP contribution in [0.4, 0.5) is 0 Å². The third kappa shape index (κ3) is 13.7. The van der Waals surface area contributed by atoms with E-state index in [0.29, 0.717) is 12.5 Å². The molecule has 0 amide bonds. The van der Waals surface area contributed by atoms with Gasteiger partial charge in [0, 0.05) is 7.11 Å². The molecule has 0 aliphatic heterocycles. The summed E-state index contributed by atoms with van der Waals surface area (Å²) in [7, 11) is 4.41. The van der Waals surface area contributed by atoms with Crippen molar-refractivity contribution in [3.63, 3.8) is 0 Å². The van der Waals surface area contributed by atoms with Gasteiger partial charge in [-0.05, 0) is 19.3 Å². The van der Waals surface area contributed by atoms with E-state index in [1.54, 1.807) is 0 Å². The van der Waals surface area contributed by atoms with Gasteiger partial charge in [-0.1, -0.05) is 77.6 Å². The molecule has 0 rings (SSSR count). The smallest absolute Gasteiger partial charge is 0.320 e. The highest BCUT2D eigenvalue weighted by atomic mass is 16.5. The Hall–Kier alpha value is -1.10. The van der Waals surface area contributed by atoms with Gasteiger partial charge in [0.05, 0.1) is 20.3 Å². The average Bonchev–Trinajstić information content (AvgIpc) is 2.69. The van der Waals surface area contributed by atoms with Crippen molar-refractivity contribution >= 4 is 11.9 Å². The molecule has 0 saturated heterocycles. The molecule has 0 radical (unpaired) electrons. The molecule has 1 atom stereocenters. The maximum absolute atomic E-state index is 11.6. The SMILES string of the molecule is CCCCCCCCCC(CCCCCCC(C(=O)OC)C(=O)OC)OC. The first-order valence-corrected chi connectivity index (χ1v) is 10.8. The minimum absolute atomic E-state index is 0.360. The van der Waals surface area contributed by atoms with Crippen LogP contribution in [0.25, 0.3) is 0 Å². The largest absolute Gasteiger partial charge is 0.468 e. The second kappa shape index (κ2) is 18.3. The van der Waals surface area contributed by atoms with Crippen molar-refractivity contribution in [2.24, 2.45) is 5.92 Å². The predicted octanol–water partition coefficient (Wildman–Crippen LogP) is 5.44. The quantitative estimate of drug-likeness (QED) is 0.178. The molecule has 0 aliphatic rings. The number of rotatable bonds is 18. The Morgan fingerprint density at radius 1 is 0.630 bits per heavy atom. The number of hydrogen-bond acceptors (Lipinski definition) is 5. The lowest BCUT2D eigenvalue weighted by atomic mass is 9.99. The minimum Gasteiger partial charge on any atom is -0.468 e. The molecule has 0 heterocycles. The van der Waals surface area contributed by atoms with Crippen LogP contribution in [0.3, 0.4) is 0 Å². The molecule has 5 nitrogen and oxygen atoms in total. The maximum Gasteiger partial charge on any atom is 0.320 e. The van der Waals surface area contributed by atoms with E-state index in [1.165, 1.54) is 59.2 Å². The van der Waals surface area contributed by atoms with E-state index < -0.39 is 17.9 Å². The number of hydrogen-bond donors (Lipinski definition) is 0. The number of carbonyl (C=O) groups excluding carboxylic acids is 2. The van der Waals surface area contributed by atoms with Crippen molar-refractivity contribution in [2.75, 3.05) is 21.3 Å². The minimum atomic E-state index is -0.788. The molecule has 0 N–H and O–H groups in total. The van der Waals surface area contributed by atoms with Crippen LogP contribution in [0.1, 0.15) is 96.8 Å². The van der Waals surface area contributed by atoms with E-state index in [2.05, 4.69) is 16.4 Å². The van der Waals surface area contributed by atoms with E-state index in [1.807, 2.05) is 7.11 Å². The summed E-state index contributed by atoms with van der Waals surface area (Å²) in [4.78, 5) is 23.2. The zero-order chi connectivity index (χ0) is 20.3. The Morgan fingerprint density at radius 2 is 1.04 bits per heavy atom. The van der Waals surface area contributed by atoms with Crippen LogP contribution in [-0.2, 0) is 23.8 Å². The first-order valence-electron chi connectivity index (χ1n) is 10.8. The van der Waals surface area contributed by atoms with Crippen molar-refractivity contribution in [3.05, 3.63) is 0 Å². The van der Waals surface area contributed by atoms with Crippen LogP contribution in [0.5, 0.6) is 0 Å². The van der Waals surface area contributed by atoms with Crippen molar-refractivity contribution in [1.29, 1.82) is 0 Å². The van der Waals surface area contributed by atoms with Crippen LogP contribution in [0, 0.1) is 5.92 Å². The molecular formula is C22H42O5. The number of esters is 2. The van der Waals surface area contributed by atoms with Crippen molar-refractivity contribution in [3.8, 4) is 0 Å². The fourth-order valence-corrected chi connectivity index (χ4v) is 3.40. The van der Waals surface area contributed by atoms with Gasteiger partial charge < -0.3 is 14.2 Å². The fraction of sp³-hybridized carbons (Fsp3) is 0.909. The van der Waals surface area contributed by atoms with Crippen LogP contribution in [0.15, 0.2) is 0 Å². The molecule has 1 unspecified atom stereocenters. The Balaban J connectivity index is 3.75. The zero-order valence-electron chi connectivity index (χ0n) is 18.1. The van der Waals surface area contributed by atoms with Gasteiger partial charge in [-0.2, -0.15) is 0 Å². The lowest BCUT2D eigenvalue weighted by Gasteiger charge is -2.15. The van der Waals surface area contributed by atoms with E-state index >= 15 is 0 Å². The molecule has 0 aromatic rings. The summed E-state index contributed by atoms with van der Waals surface area (Å²) >= 11 is 0. The van der Waals surface area contributed by atoms with E-state index in [-0.39, 0.29) is 0 Å². The summed E-state index contributed by atoms with van der Waals surface area (Å²) < 4.78 is 15.0.